The van der Waals surface area contributed by atoms with Crippen LogP contribution in [-0.4, -0.2) is 39.6 Å². The van der Waals surface area contributed by atoms with E-state index in [0.29, 0.717) is 25.0 Å². The first-order valence-corrected chi connectivity index (χ1v) is 16.4. The van der Waals surface area contributed by atoms with E-state index in [2.05, 4.69) is 26.0 Å². The van der Waals surface area contributed by atoms with Gasteiger partial charge in [0.2, 0.25) is 0 Å². The van der Waals surface area contributed by atoms with Gasteiger partial charge in [0.15, 0.2) is 0 Å². The molecule has 0 saturated heterocycles. The van der Waals surface area contributed by atoms with Crippen molar-refractivity contribution in [2.75, 3.05) is 19.0 Å². The zero-order valence-electron chi connectivity index (χ0n) is 22.7. The van der Waals surface area contributed by atoms with Crippen LogP contribution in [0, 0.1) is 0 Å². The van der Waals surface area contributed by atoms with Gasteiger partial charge in [0.05, 0.1) is 6.61 Å². The maximum absolute atomic E-state index is 13.2. The van der Waals surface area contributed by atoms with Gasteiger partial charge in [0.1, 0.15) is 0 Å². The van der Waals surface area contributed by atoms with Crippen LogP contribution in [0.3, 0.4) is 0 Å². The highest BCUT2D eigenvalue weighted by atomic mass is 32.2. The number of carbonyl (C=O) groups is 1. The van der Waals surface area contributed by atoms with Crippen molar-refractivity contribution in [3.63, 3.8) is 0 Å². The van der Waals surface area contributed by atoms with Crippen LogP contribution in [0.25, 0.3) is 0 Å². The molecule has 3 unspecified atom stereocenters. The van der Waals surface area contributed by atoms with E-state index in [0.717, 1.165) is 50.3 Å². The van der Waals surface area contributed by atoms with Crippen molar-refractivity contribution in [2.24, 2.45) is 0 Å². The highest BCUT2D eigenvalue weighted by molar-refractivity contribution is 8.07. The van der Waals surface area contributed by atoms with E-state index in [1.165, 1.54) is 31.2 Å². The van der Waals surface area contributed by atoms with Gasteiger partial charge in [0.25, 0.3) is 0 Å². The normalized spacial score (nSPS) is 15.8. The molecule has 0 aliphatic rings. The van der Waals surface area contributed by atoms with Crippen molar-refractivity contribution >= 4 is 25.3 Å². The molecule has 6 nitrogen and oxygen atoms in total. The van der Waals surface area contributed by atoms with Gasteiger partial charge >= 0.3 is 18.2 Å². The van der Waals surface area contributed by atoms with Crippen LogP contribution < -0.4 is 0 Å². The fraction of sp³-hybridized carbons (Fsp3) is 0.750. The van der Waals surface area contributed by atoms with Crippen LogP contribution in [0.15, 0.2) is 30.3 Å². The molecule has 3 atom stereocenters. The van der Waals surface area contributed by atoms with Crippen molar-refractivity contribution in [3.05, 3.63) is 35.9 Å². The molecule has 0 amide bonds. The topological polar surface area (TPSA) is 93.1 Å². The summed E-state index contributed by atoms with van der Waals surface area (Å²) >= 11 is 0.908. The summed E-state index contributed by atoms with van der Waals surface area (Å²) in [7, 11) is -4.59. The second kappa shape index (κ2) is 19.3. The maximum Gasteiger partial charge on any atom is 0.382 e. The predicted octanol–water partition coefficient (Wildman–Crippen LogP) is 8.59. The fourth-order valence-corrected chi connectivity index (χ4v) is 7.34. The van der Waals surface area contributed by atoms with E-state index in [1.807, 2.05) is 25.1 Å². The van der Waals surface area contributed by atoms with Gasteiger partial charge in [0, 0.05) is 6.61 Å². The number of thioether (sulfide) groups is 1. The lowest BCUT2D eigenvalue weighted by molar-refractivity contribution is -0.148. The number of benzene rings is 1. The Bertz CT molecular complexity index is 747. The number of carboxylic acid groups (broad SMARTS) is 1. The summed E-state index contributed by atoms with van der Waals surface area (Å²) in [6, 6.07) is 10.2. The van der Waals surface area contributed by atoms with Crippen LogP contribution in [0.1, 0.15) is 116 Å². The first kappa shape index (κ1) is 33.2. The number of hydrogen-bond acceptors (Lipinski definition) is 5. The van der Waals surface area contributed by atoms with Crippen molar-refractivity contribution in [3.8, 4) is 0 Å². The van der Waals surface area contributed by atoms with E-state index >= 15 is 0 Å². The molecule has 0 bridgehead atoms. The first-order chi connectivity index (χ1) is 17.3. The summed E-state index contributed by atoms with van der Waals surface area (Å²) in [5.41, 5.74) is 1.21. The smallest absolute Gasteiger partial charge is 0.382 e. The van der Waals surface area contributed by atoms with E-state index in [9.17, 15) is 19.4 Å². The Labute approximate surface area is 223 Å². The van der Waals surface area contributed by atoms with Crippen LogP contribution in [0.4, 0.5) is 0 Å². The minimum atomic E-state index is -4.59. The Morgan fingerprint density at radius 1 is 0.889 bits per heavy atom. The first-order valence-electron chi connectivity index (χ1n) is 13.9. The summed E-state index contributed by atoms with van der Waals surface area (Å²) in [5, 5.41) is 10.1. The van der Waals surface area contributed by atoms with Crippen LogP contribution in [0.5, 0.6) is 0 Å². The Hall–Kier alpha value is -0.850. The highest BCUT2D eigenvalue weighted by Gasteiger charge is 2.58. The number of hydrogen-bond donors (Lipinski definition) is 2. The lowest BCUT2D eigenvalue weighted by atomic mass is 9.91. The van der Waals surface area contributed by atoms with Crippen LogP contribution in [-0.2, 0) is 18.6 Å². The van der Waals surface area contributed by atoms with Gasteiger partial charge in [-0.05, 0) is 42.9 Å². The molecule has 0 fully saturated rings. The maximum atomic E-state index is 13.2. The number of rotatable bonds is 23. The molecule has 0 aromatic heterocycles. The van der Waals surface area contributed by atoms with Gasteiger partial charge in [-0.25, -0.2) is 4.79 Å². The molecule has 8 heteroatoms. The molecule has 1 aromatic carbocycles. The van der Waals surface area contributed by atoms with Gasteiger partial charge < -0.3 is 19.3 Å². The third-order valence-electron chi connectivity index (χ3n) is 6.35. The van der Waals surface area contributed by atoms with E-state index < -0.39 is 18.2 Å². The second-order valence-electron chi connectivity index (χ2n) is 9.45. The van der Waals surface area contributed by atoms with Gasteiger partial charge in [-0.1, -0.05) is 109 Å². The molecule has 1 rings (SSSR count). The SMILES string of the molecule is CCCCCCCCCCOC(SCCC(CCCC)c1ccccc1)(C(=O)O)P(=O)(O)OCCC. The zero-order valence-corrected chi connectivity index (χ0v) is 24.4. The van der Waals surface area contributed by atoms with Gasteiger partial charge in [-0.15, -0.1) is 11.8 Å². The molecule has 0 spiro atoms. The average Bonchev–Trinajstić information content (AvgIpc) is 2.87. The monoisotopic (exact) mass is 544 g/mol. The number of aliphatic carboxylic acids is 1. The molecular formula is C28H49O6PS. The minimum absolute atomic E-state index is 0.00757. The lowest BCUT2D eigenvalue weighted by Crippen LogP contribution is -2.39. The molecule has 208 valence electrons. The van der Waals surface area contributed by atoms with E-state index in [1.54, 1.807) is 0 Å². The number of unbranched alkanes of at least 4 members (excludes halogenated alkanes) is 8. The zero-order chi connectivity index (χ0) is 26.7. The number of carboxylic acids is 1. The average molecular weight is 545 g/mol. The summed E-state index contributed by atoms with van der Waals surface area (Å²) in [6.07, 6.45) is 13.0. The molecule has 0 radical (unpaired) electrons. The molecule has 36 heavy (non-hydrogen) atoms. The van der Waals surface area contributed by atoms with Crippen molar-refractivity contribution < 1.29 is 28.6 Å². The second-order valence-corrected chi connectivity index (χ2v) is 13.0. The molecular weight excluding hydrogens is 495 g/mol. The van der Waals surface area contributed by atoms with E-state index in [-0.39, 0.29) is 19.1 Å². The molecule has 0 aliphatic heterocycles. The van der Waals surface area contributed by atoms with Crippen molar-refractivity contribution in [1.82, 2.24) is 0 Å². The standard InChI is InChI=1S/C28H49O6PS/c1-4-7-9-10-11-12-13-17-23-33-28(27(29)30,35(31,32)34-22-6-3)36-24-21-26(18-8-5-2)25-19-15-14-16-20-25/h14-16,19-20,26H,4-13,17-18,21-24H2,1-3H3,(H,29,30)(H,31,32). The largest absolute Gasteiger partial charge is 0.478 e. The lowest BCUT2D eigenvalue weighted by Gasteiger charge is -2.32. The Kier molecular flexibility index (Phi) is 17.7. The quantitative estimate of drug-likeness (QED) is 0.0809. The summed E-state index contributed by atoms with van der Waals surface area (Å²) in [5.74, 6) is -0.807. The summed E-state index contributed by atoms with van der Waals surface area (Å²) in [6.45, 7) is 6.29. The van der Waals surface area contributed by atoms with Crippen molar-refractivity contribution in [2.45, 2.75) is 115 Å². The molecule has 0 aliphatic carbocycles. The van der Waals surface area contributed by atoms with Gasteiger partial charge in [-0.3, -0.25) is 4.57 Å². The molecule has 0 heterocycles. The van der Waals surface area contributed by atoms with E-state index in [4.69, 9.17) is 9.26 Å². The molecule has 1 aromatic rings. The number of ether oxygens (including phenoxy) is 1. The Balaban J connectivity index is 2.84. The summed E-state index contributed by atoms with van der Waals surface area (Å²) in [4.78, 5) is 23.2. The third kappa shape index (κ3) is 11.7. The van der Waals surface area contributed by atoms with Crippen LogP contribution in [0.2, 0.25) is 0 Å². The highest BCUT2D eigenvalue weighted by Crippen LogP contribution is 2.62. The summed E-state index contributed by atoms with van der Waals surface area (Å²) < 4.78 is 21.9. The van der Waals surface area contributed by atoms with Gasteiger partial charge in [-0.2, -0.15) is 0 Å². The molecule has 0 saturated carbocycles. The van der Waals surface area contributed by atoms with Crippen molar-refractivity contribution in [1.29, 1.82) is 0 Å². The van der Waals surface area contributed by atoms with Crippen LogP contribution >= 0.6 is 19.4 Å². The fourth-order valence-electron chi connectivity index (χ4n) is 4.19. The Morgan fingerprint density at radius 2 is 1.50 bits per heavy atom. The predicted molar refractivity (Wildman–Crippen MR) is 151 cm³/mol. The third-order valence-corrected chi connectivity index (χ3v) is 10.1. The molecule has 2 N–H and O–H groups in total. The minimum Gasteiger partial charge on any atom is -0.478 e. The Morgan fingerprint density at radius 3 is 2.08 bits per heavy atom.